The standard InChI is InChI=1S/C21H24O5/c1-23-17-7-3-15(4-8-17)19(11-12-20-25-13-14-26-20)21(22)16-5-9-18(24-2)10-6-16/h3-10,19-20H,11-14H2,1-2H3/t19-/m1/s1. The van der Waals surface area contributed by atoms with E-state index in [-0.39, 0.29) is 18.0 Å². The van der Waals surface area contributed by atoms with Crippen LogP contribution in [-0.2, 0) is 9.47 Å². The Balaban J connectivity index is 1.80. The maximum absolute atomic E-state index is 13.2. The van der Waals surface area contributed by atoms with Crippen LogP contribution in [-0.4, -0.2) is 39.5 Å². The summed E-state index contributed by atoms with van der Waals surface area (Å²) in [7, 11) is 3.24. The number of rotatable bonds is 8. The minimum absolute atomic E-state index is 0.0795. The summed E-state index contributed by atoms with van der Waals surface area (Å²) >= 11 is 0. The molecule has 5 nitrogen and oxygen atoms in total. The Hall–Kier alpha value is -2.37. The number of ketones is 1. The number of hydrogen-bond acceptors (Lipinski definition) is 5. The number of hydrogen-bond donors (Lipinski definition) is 0. The minimum Gasteiger partial charge on any atom is -0.497 e. The number of carbonyl (C=O) groups is 1. The van der Waals surface area contributed by atoms with Gasteiger partial charge in [-0.15, -0.1) is 0 Å². The number of Topliss-reactive ketones (excluding diaryl/α,β-unsaturated/α-hetero) is 1. The van der Waals surface area contributed by atoms with E-state index in [1.54, 1.807) is 26.4 Å². The van der Waals surface area contributed by atoms with Crippen molar-refractivity contribution in [1.82, 2.24) is 0 Å². The van der Waals surface area contributed by atoms with Crippen molar-refractivity contribution < 1.29 is 23.7 Å². The highest BCUT2D eigenvalue weighted by atomic mass is 16.7. The van der Waals surface area contributed by atoms with Crippen LogP contribution in [0.1, 0.15) is 34.7 Å². The van der Waals surface area contributed by atoms with Crippen molar-refractivity contribution in [2.75, 3.05) is 27.4 Å². The lowest BCUT2D eigenvalue weighted by molar-refractivity contribution is -0.0483. The Bertz CT molecular complexity index is 702. The summed E-state index contributed by atoms with van der Waals surface area (Å²) < 4.78 is 21.4. The molecule has 1 atom stereocenters. The largest absolute Gasteiger partial charge is 0.497 e. The highest BCUT2D eigenvalue weighted by Crippen LogP contribution is 2.29. The van der Waals surface area contributed by atoms with E-state index in [2.05, 4.69) is 0 Å². The van der Waals surface area contributed by atoms with Crippen LogP contribution in [0.15, 0.2) is 48.5 Å². The molecular formula is C21H24O5. The van der Waals surface area contributed by atoms with Crippen molar-refractivity contribution in [3.63, 3.8) is 0 Å². The quantitative estimate of drug-likeness (QED) is 0.673. The first-order chi connectivity index (χ1) is 12.7. The predicted molar refractivity (Wildman–Crippen MR) is 98.0 cm³/mol. The maximum atomic E-state index is 13.2. The lowest BCUT2D eigenvalue weighted by atomic mass is 9.87. The third-order valence-corrected chi connectivity index (χ3v) is 4.59. The van der Waals surface area contributed by atoms with Crippen LogP contribution >= 0.6 is 0 Å². The summed E-state index contributed by atoms with van der Waals surface area (Å²) in [5.41, 5.74) is 1.63. The average Bonchev–Trinajstić information content (AvgIpc) is 3.22. The Morgan fingerprint density at radius 1 is 0.962 bits per heavy atom. The van der Waals surface area contributed by atoms with Gasteiger partial charge in [0.25, 0.3) is 0 Å². The van der Waals surface area contributed by atoms with Gasteiger partial charge in [-0.25, -0.2) is 0 Å². The summed E-state index contributed by atoms with van der Waals surface area (Å²) in [6.07, 6.45) is 1.11. The molecule has 2 aromatic rings. The Kier molecular flexibility index (Phi) is 6.26. The first-order valence-electron chi connectivity index (χ1n) is 8.76. The zero-order chi connectivity index (χ0) is 18.4. The molecular weight excluding hydrogens is 332 g/mol. The second kappa shape index (κ2) is 8.83. The summed E-state index contributed by atoms with van der Waals surface area (Å²) in [5, 5.41) is 0. The first-order valence-corrected chi connectivity index (χ1v) is 8.76. The van der Waals surface area contributed by atoms with E-state index in [1.165, 1.54) is 0 Å². The highest BCUT2D eigenvalue weighted by Gasteiger charge is 2.25. The molecule has 1 saturated heterocycles. The zero-order valence-electron chi connectivity index (χ0n) is 15.1. The van der Waals surface area contributed by atoms with Gasteiger partial charge < -0.3 is 18.9 Å². The normalized spacial score (nSPS) is 15.6. The van der Waals surface area contributed by atoms with Crippen molar-refractivity contribution in [2.24, 2.45) is 0 Å². The van der Waals surface area contributed by atoms with Crippen LogP contribution in [0.4, 0.5) is 0 Å². The fourth-order valence-corrected chi connectivity index (χ4v) is 3.12. The van der Waals surface area contributed by atoms with Gasteiger partial charge in [0.2, 0.25) is 0 Å². The molecule has 0 spiro atoms. The molecule has 0 unspecified atom stereocenters. The molecule has 138 valence electrons. The van der Waals surface area contributed by atoms with Gasteiger partial charge in [0.05, 0.1) is 27.4 Å². The number of methoxy groups -OCH3 is 2. The van der Waals surface area contributed by atoms with Gasteiger partial charge in [-0.1, -0.05) is 12.1 Å². The highest BCUT2D eigenvalue weighted by molar-refractivity contribution is 6.01. The van der Waals surface area contributed by atoms with Gasteiger partial charge in [0.15, 0.2) is 12.1 Å². The van der Waals surface area contributed by atoms with Crippen LogP contribution in [0.3, 0.4) is 0 Å². The molecule has 0 radical (unpaired) electrons. The van der Waals surface area contributed by atoms with E-state index in [9.17, 15) is 4.79 Å². The van der Waals surface area contributed by atoms with Crippen molar-refractivity contribution in [3.05, 3.63) is 59.7 Å². The number of benzene rings is 2. The number of ether oxygens (including phenoxy) is 4. The lowest BCUT2D eigenvalue weighted by Gasteiger charge is -2.19. The fourth-order valence-electron chi connectivity index (χ4n) is 3.12. The Labute approximate surface area is 153 Å². The number of carbonyl (C=O) groups excluding carboxylic acids is 1. The molecule has 0 saturated carbocycles. The van der Waals surface area contributed by atoms with Gasteiger partial charge in [-0.3, -0.25) is 4.79 Å². The molecule has 5 heteroatoms. The lowest BCUT2D eigenvalue weighted by Crippen LogP contribution is -2.17. The van der Waals surface area contributed by atoms with Crippen LogP contribution in [0.25, 0.3) is 0 Å². The molecule has 0 aliphatic carbocycles. The van der Waals surface area contributed by atoms with E-state index < -0.39 is 0 Å². The van der Waals surface area contributed by atoms with Gasteiger partial charge in [-0.05, 0) is 54.8 Å². The van der Waals surface area contributed by atoms with Crippen LogP contribution in [0.2, 0.25) is 0 Å². The van der Waals surface area contributed by atoms with Crippen molar-refractivity contribution in [3.8, 4) is 11.5 Å². The third-order valence-electron chi connectivity index (χ3n) is 4.59. The smallest absolute Gasteiger partial charge is 0.170 e. The van der Waals surface area contributed by atoms with E-state index in [4.69, 9.17) is 18.9 Å². The summed E-state index contributed by atoms with van der Waals surface area (Å²) in [6.45, 7) is 1.23. The Morgan fingerprint density at radius 3 is 2.04 bits per heavy atom. The van der Waals surface area contributed by atoms with Crippen molar-refractivity contribution >= 4 is 5.78 Å². The second-order valence-corrected chi connectivity index (χ2v) is 6.17. The summed E-state index contributed by atoms with van der Waals surface area (Å²) in [4.78, 5) is 13.2. The van der Waals surface area contributed by atoms with E-state index in [0.29, 0.717) is 31.6 Å². The molecule has 0 bridgehead atoms. The first kappa shape index (κ1) is 18.4. The molecule has 0 aromatic heterocycles. The zero-order valence-corrected chi connectivity index (χ0v) is 15.1. The van der Waals surface area contributed by atoms with Crippen molar-refractivity contribution in [2.45, 2.75) is 25.0 Å². The monoisotopic (exact) mass is 356 g/mol. The molecule has 1 aliphatic heterocycles. The van der Waals surface area contributed by atoms with E-state index in [0.717, 1.165) is 17.1 Å². The van der Waals surface area contributed by atoms with Gasteiger partial charge >= 0.3 is 0 Å². The van der Waals surface area contributed by atoms with Crippen LogP contribution in [0, 0.1) is 0 Å². The molecule has 2 aromatic carbocycles. The van der Waals surface area contributed by atoms with Crippen LogP contribution in [0.5, 0.6) is 11.5 Å². The van der Waals surface area contributed by atoms with Gasteiger partial charge in [0.1, 0.15) is 11.5 Å². The molecule has 1 aliphatic rings. The predicted octanol–water partition coefficient (Wildman–Crippen LogP) is 3.82. The fraction of sp³-hybridized carbons (Fsp3) is 0.381. The van der Waals surface area contributed by atoms with Gasteiger partial charge in [0, 0.05) is 11.5 Å². The molecule has 0 N–H and O–H groups in total. The molecule has 1 heterocycles. The third kappa shape index (κ3) is 4.42. The van der Waals surface area contributed by atoms with Gasteiger partial charge in [-0.2, -0.15) is 0 Å². The second-order valence-electron chi connectivity index (χ2n) is 6.17. The average molecular weight is 356 g/mol. The molecule has 0 amide bonds. The Morgan fingerprint density at radius 2 is 1.50 bits per heavy atom. The van der Waals surface area contributed by atoms with E-state index in [1.807, 2.05) is 36.4 Å². The topological polar surface area (TPSA) is 54.0 Å². The maximum Gasteiger partial charge on any atom is 0.170 e. The summed E-state index contributed by atoms with van der Waals surface area (Å²) in [5.74, 6) is 1.32. The van der Waals surface area contributed by atoms with Crippen LogP contribution < -0.4 is 9.47 Å². The SMILES string of the molecule is COc1ccc(C(=O)[C@H](CCC2OCCO2)c2ccc(OC)cc2)cc1. The molecule has 3 rings (SSSR count). The van der Waals surface area contributed by atoms with Crippen molar-refractivity contribution in [1.29, 1.82) is 0 Å². The molecule has 26 heavy (non-hydrogen) atoms. The summed E-state index contributed by atoms with van der Waals surface area (Å²) in [6, 6.07) is 14.9. The van der Waals surface area contributed by atoms with E-state index >= 15 is 0 Å². The molecule has 1 fully saturated rings. The minimum atomic E-state index is -0.262.